The van der Waals surface area contributed by atoms with Crippen LogP contribution >= 0.6 is 0 Å². The molecule has 0 radical (unpaired) electrons. The van der Waals surface area contributed by atoms with Crippen LogP contribution in [0.25, 0.3) is 11.1 Å². The number of hydrogen-bond donors (Lipinski definition) is 0. The van der Waals surface area contributed by atoms with Crippen molar-refractivity contribution in [2.75, 3.05) is 0 Å². The Labute approximate surface area is 111 Å². The Hall–Kier alpha value is -0.390. The largest absolute Gasteiger partial charge is 1.00 e. The van der Waals surface area contributed by atoms with E-state index in [1.807, 2.05) is 0 Å². The summed E-state index contributed by atoms with van der Waals surface area (Å²) in [6.45, 7) is 0. The van der Waals surface area contributed by atoms with Gasteiger partial charge < -0.3 is 4.55 Å². The fourth-order valence-electron chi connectivity index (χ4n) is 1.40. The molecule has 0 fully saturated rings. The summed E-state index contributed by atoms with van der Waals surface area (Å²) in [5, 5.41) is 0. The van der Waals surface area contributed by atoms with Crippen molar-refractivity contribution in [3.63, 3.8) is 0 Å². The standard InChI is InChI=1S/C10H8O3S.Na/c11-14(12,13)10-7-6-8-4-2-1-3-5-9(8)10;/h1-7H,(H,11,12,13);/q;+1/p-1. The van der Waals surface area contributed by atoms with E-state index >= 15 is 0 Å². The van der Waals surface area contributed by atoms with Gasteiger partial charge in [-0.1, -0.05) is 36.4 Å². The first-order valence-electron chi connectivity index (χ1n) is 4.03. The summed E-state index contributed by atoms with van der Waals surface area (Å²) in [6.07, 6.45) is 0. The number of fused-ring (bicyclic) bond motifs is 1. The Morgan fingerprint density at radius 3 is 2.27 bits per heavy atom. The molecule has 5 heteroatoms. The van der Waals surface area contributed by atoms with Crippen molar-refractivity contribution in [3.05, 3.63) is 42.5 Å². The van der Waals surface area contributed by atoms with Crippen LogP contribution in [-0.2, 0) is 10.1 Å². The molecule has 0 spiro atoms. The Balaban J connectivity index is 0.00000112. The molecule has 3 nitrogen and oxygen atoms in total. The second kappa shape index (κ2) is 4.63. The zero-order valence-electron chi connectivity index (χ0n) is 8.17. The number of hydrogen-bond acceptors (Lipinski definition) is 3. The SMILES string of the molecule is O=S(=O)([O-])c1ccc2cccccc1-2.[Na+]. The van der Waals surface area contributed by atoms with Crippen molar-refractivity contribution in [3.8, 4) is 11.1 Å². The molecular weight excluding hydrogens is 223 g/mol. The smallest absolute Gasteiger partial charge is 0.744 e. The minimum atomic E-state index is -4.37. The molecule has 0 N–H and O–H groups in total. The van der Waals surface area contributed by atoms with Gasteiger partial charge in [0.25, 0.3) is 0 Å². The van der Waals surface area contributed by atoms with Crippen molar-refractivity contribution in [1.82, 2.24) is 0 Å². The Morgan fingerprint density at radius 2 is 1.60 bits per heavy atom. The molecule has 0 bridgehead atoms. The molecule has 0 amide bonds. The van der Waals surface area contributed by atoms with Crippen LogP contribution < -0.4 is 29.6 Å². The molecule has 0 aliphatic heterocycles. The van der Waals surface area contributed by atoms with E-state index in [1.165, 1.54) is 6.07 Å². The van der Waals surface area contributed by atoms with E-state index in [2.05, 4.69) is 0 Å². The average molecular weight is 230 g/mol. The second-order valence-corrected chi connectivity index (χ2v) is 4.28. The van der Waals surface area contributed by atoms with Crippen LogP contribution in [0.2, 0.25) is 0 Å². The van der Waals surface area contributed by atoms with Gasteiger partial charge >= 0.3 is 29.6 Å². The Morgan fingerprint density at radius 1 is 0.933 bits per heavy atom. The quantitative estimate of drug-likeness (QED) is 0.452. The first kappa shape index (κ1) is 12.7. The van der Waals surface area contributed by atoms with Gasteiger partial charge in [0.05, 0.1) is 4.90 Å². The summed E-state index contributed by atoms with van der Waals surface area (Å²) < 4.78 is 32.6. The molecule has 2 aliphatic rings. The van der Waals surface area contributed by atoms with Gasteiger partial charge in [-0.05, 0) is 17.2 Å². The van der Waals surface area contributed by atoms with E-state index in [4.69, 9.17) is 0 Å². The predicted molar refractivity (Wildman–Crippen MR) is 51.0 cm³/mol. The molecular formula is C10H7NaO3S. The van der Waals surface area contributed by atoms with Gasteiger partial charge in [-0.15, -0.1) is 0 Å². The molecule has 0 atom stereocenters. The van der Waals surface area contributed by atoms with Crippen LogP contribution in [-0.4, -0.2) is 13.0 Å². The molecule has 72 valence electrons. The average Bonchev–Trinajstić information content (AvgIpc) is 2.36. The minimum Gasteiger partial charge on any atom is -0.744 e. The van der Waals surface area contributed by atoms with Gasteiger partial charge in [0.1, 0.15) is 10.1 Å². The molecule has 0 heterocycles. The molecule has 0 saturated heterocycles. The van der Waals surface area contributed by atoms with Crippen LogP contribution in [0.15, 0.2) is 47.4 Å². The van der Waals surface area contributed by atoms with E-state index in [9.17, 15) is 13.0 Å². The summed E-state index contributed by atoms with van der Waals surface area (Å²) in [7, 11) is -4.37. The maximum Gasteiger partial charge on any atom is 1.00 e. The maximum absolute atomic E-state index is 10.9. The zero-order valence-corrected chi connectivity index (χ0v) is 11.0. The van der Waals surface area contributed by atoms with Gasteiger partial charge in [0, 0.05) is 0 Å². The third-order valence-corrected chi connectivity index (χ3v) is 2.92. The molecule has 15 heavy (non-hydrogen) atoms. The van der Waals surface area contributed by atoms with Gasteiger partial charge in [0.2, 0.25) is 0 Å². The van der Waals surface area contributed by atoms with Crippen LogP contribution in [0, 0.1) is 0 Å². The minimum absolute atomic E-state index is 0. The van der Waals surface area contributed by atoms with Crippen molar-refractivity contribution in [2.24, 2.45) is 0 Å². The Kier molecular flexibility index (Phi) is 3.92. The topological polar surface area (TPSA) is 57.2 Å². The first-order chi connectivity index (χ1) is 6.59. The molecule has 0 saturated carbocycles. The summed E-state index contributed by atoms with van der Waals surface area (Å²) in [5.74, 6) is 0. The molecule has 0 aromatic heterocycles. The van der Waals surface area contributed by atoms with E-state index in [0.29, 0.717) is 5.56 Å². The van der Waals surface area contributed by atoms with Crippen molar-refractivity contribution in [1.29, 1.82) is 0 Å². The Bertz CT molecular complexity index is 536. The second-order valence-electron chi connectivity index (χ2n) is 2.93. The van der Waals surface area contributed by atoms with Gasteiger partial charge in [-0.2, -0.15) is 0 Å². The van der Waals surface area contributed by atoms with Gasteiger partial charge in [0.15, 0.2) is 0 Å². The van der Waals surface area contributed by atoms with E-state index in [1.54, 1.807) is 36.4 Å². The van der Waals surface area contributed by atoms with Crippen LogP contribution in [0.1, 0.15) is 0 Å². The van der Waals surface area contributed by atoms with Crippen LogP contribution in [0.3, 0.4) is 0 Å². The van der Waals surface area contributed by atoms with Crippen molar-refractivity contribution in [2.45, 2.75) is 4.90 Å². The van der Waals surface area contributed by atoms with E-state index in [-0.39, 0.29) is 34.5 Å². The van der Waals surface area contributed by atoms with Crippen LogP contribution in [0.5, 0.6) is 0 Å². The molecule has 2 rings (SSSR count). The molecule has 0 unspecified atom stereocenters. The zero-order chi connectivity index (χ0) is 10.2. The molecule has 2 aliphatic carbocycles. The monoisotopic (exact) mass is 230 g/mol. The van der Waals surface area contributed by atoms with Crippen molar-refractivity contribution >= 4 is 10.1 Å². The maximum atomic E-state index is 10.9. The first-order valence-corrected chi connectivity index (χ1v) is 5.43. The van der Waals surface area contributed by atoms with E-state index in [0.717, 1.165) is 5.56 Å². The third-order valence-electron chi connectivity index (χ3n) is 2.02. The van der Waals surface area contributed by atoms with Gasteiger partial charge in [-0.25, -0.2) is 8.42 Å². The third kappa shape index (κ3) is 2.59. The summed E-state index contributed by atoms with van der Waals surface area (Å²) in [4.78, 5) is -0.149. The molecule has 0 aromatic carbocycles. The summed E-state index contributed by atoms with van der Waals surface area (Å²) in [6, 6.07) is 11.6. The molecule has 0 aromatic rings. The summed E-state index contributed by atoms with van der Waals surface area (Å²) >= 11 is 0. The predicted octanol–water partition coefficient (Wildman–Crippen LogP) is -1.30. The van der Waals surface area contributed by atoms with Crippen LogP contribution in [0.4, 0.5) is 0 Å². The van der Waals surface area contributed by atoms with Gasteiger partial charge in [-0.3, -0.25) is 0 Å². The number of rotatable bonds is 1. The normalized spacial score (nSPS) is 11.0. The fourth-order valence-corrected chi connectivity index (χ4v) is 2.09. The fraction of sp³-hybridized carbons (Fsp3) is 0. The summed E-state index contributed by atoms with van der Waals surface area (Å²) in [5.41, 5.74) is 1.23. The van der Waals surface area contributed by atoms with E-state index < -0.39 is 10.1 Å². The van der Waals surface area contributed by atoms with Crippen molar-refractivity contribution < 1.29 is 42.5 Å².